The number of rotatable bonds is 6. The maximum Gasteiger partial charge on any atom is 0.251 e. The molecular weight excluding hydrogens is 420 g/mol. The second kappa shape index (κ2) is 10.1. The number of benzene rings is 3. The molecule has 1 aromatic heterocycles. The van der Waals surface area contributed by atoms with Gasteiger partial charge < -0.3 is 5.32 Å². The maximum atomic E-state index is 12.9. The molecule has 5 heteroatoms. The van der Waals surface area contributed by atoms with Crippen molar-refractivity contribution in [2.24, 2.45) is 0 Å². The Bertz CT molecular complexity index is 1270. The highest BCUT2D eigenvalue weighted by Crippen LogP contribution is 2.31. The minimum atomic E-state index is -0.0678. The number of piperidine rings is 1. The van der Waals surface area contributed by atoms with Gasteiger partial charge >= 0.3 is 0 Å². The first kappa shape index (κ1) is 22.2. The van der Waals surface area contributed by atoms with Crippen LogP contribution in [0.25, 0.3) is 33.5 Å². The summed E-state index contributed by atoms with van der Waals surface area (Å²) in [5.74, 6) is -0.0678. The lowest BCUT2D eigenvalue weighted by Gasteiger charge is -2.33. The number of likely N-dealkylation sites (tertiary alicyclic amines) is 1. The van der Waals surface area contributed by atoms with Gasteiger partial charge in [0.25, 0.3) is 5.91 Å². The summed E-state index contributed by atoms with van der Waals surface area (Å²) < 4.78 is 0. The number of nitrogens with one attached hydrogen (secondary N) is 1. The molecule has 1 unspecified atom stereocenters. The number of amides is 1. The summed E-state index contributed by atoms with van der Waals surface area (Å²) in [5, 5.41) is 3.09. The van der Waals surface area contributed by atoms with E-state index < -0.39 is 0 Å². The number of hydrogen-bond donors (Lipinski definition) is 1. The first-order valence-corrected chi connectivity index (χ1v) is 12.1. The fourth-order valence-electron chi connectivity index (χ4n) is 4.70. The van der Waals surface area contributed by atoms with Crippen LogP contribution < -0.4 is 5.32 Å². The molecule has 1 aliphatic rings. The monoisotopic (exact) mass is 450 g/mol. The van der Waals surface area contributed by atoms with Crippen LogP contribution in [0, 0.1) is 0 Å². The molecule has 0 saturated carbocycles. The topological polar surface area (TPSA) is 58.1 Å². The van der Waals surface area contributed by atoms with Gasteiger partial charge in [0.2, 0.25) is 0 Å². The Morgan fingerprint density at radius 1 is 0.882 bits per heavy atom. The van der Waals surface area contributed by atoms with Crippen molar-refractivity contribution in [3.8, 4) is 22.5 Å². The Hall–Kier alpha value is -3.57. The van der Waals surface area contributed by atoms with E-state index in [1.807, 2.05) is 78.9 Å². The van der Waals surface area contributed by atoms with E-state index in [2.05, 4.69) is 17.1 Å². The van der Waals surface area contributed by atoms with E-state index in [4.69, 9.17) is 9.97 Å². The second-order valence-electron chi connectivity index (χ2n) is 8.99. The van der Waals surface area contributed by atoms with Crippen LogP contribution in [0.2, 0.25) is 0 Å². The number of fused-ring (bicyclic) bond motifs is 1. The molecule has 172 valence electrons. The smallest absolute Gasteiger partial charge is 0.251 e. The summed E-state index contributed by atoms with van der Waals surface area (Å²) in [5.41, 5.74) is 5.78. The Kier molecular flexibility index (Phi) is 6.63. The largest absolute Gasteiger partial charge is 0.351 e. The van der Waals surface area contributed by atoms with Crippen molar-refractivity contribution >= 4 is 16.9 Å². The van der Waals surface area contributed by atoms with Crippen LogP contribution in [0.1, 0.15) is 36.5 Å². The molecule has 0 spiro atoms. The van der Waals surface area contributed by atoms with Crippen LogP contribution in [0.5, 0.6) is 0 Å². The highest BCUT2D eigenvalue weighted by Gasteiger charge is 2.18. The van der Waals surface area contributed by atoms with Crippen molar-refractivity contribution in [1.29, 1.82) is 0 Å². The van der Waals surface area contributed by atoms with Crippen molar-refractivity contribution in [3.05, 3.63) is 84.4 Å². The molecule has 0 aliphatic carbocycles. The molecule has 1 aliphatic heterocycles. The van der Waals surface area contributed by atoms with Crippen molar-refractivity contribution in [3.63, 3.8) is 0 Å². The minimum Gasteiger partial charge on any atom is -0.351 e. The number of carbonyl (C=O) groups excluding carboxylic acids is 1. The third kappa shape index (κ3) is 4.85. The normalized spacial score (nSPS) is 16.4. The molecule has 1 fully saturated rings. The molecule has 2 heterocycles. The van der Waals surface area contributed by atoms with Gasteiger partial charge in [-0.15, -0.1) is 0 Å². The summed E-state index contributed by atoms with van der Waals surface area (Å²) in [4.78, 5) is 25.3. The maximum absolute atomic E-state index is 12.9. The van der Waals surface area contributed by atoms with Crippen LogP contribution in [0.15, 0.2) is 78.9 Å². The van der Waals surface area contributed by atoms with Gasteiger partial charge in [0.15, 0.2) is 0 Å². The molecule has 5 rings (SSSR count). The van der Waals surface area contributed by atoms with Gasteiger partial charge in [0.05, 0.1) is 22.4 Å². The molecule has 0 bridgehead atoms. The van der Waals surface area contributed by atoms with E-state index >= 15 is 0 Å². The predicted octanol–water partition coefficient (Wildman–Crippen LogP) is 5.57. The standard InChI is InChI=1S/C29H30N4O/c1-21-10-8-9-18-33(21)19-17-30-29(34)24-15-16-25-26(20-24)32-28(23-13-6-3-7-14-23)27(31-25)22-11-4-2-5-12-22/h2-7,11-16,20-21H,8-10,17-19H2,1H3,(H,30,34). The summed E-state index contributed by atoms with van der Waals surface area (Å²) in [7, 11) is 0. The molecule has 1 N–H and O–H groups in total. The van der Waals surface area contributed by atoms with Gasteiger partial charge in [-0.3, -0.25) is 9.69 Å². The summed E-state index contributed by atoms with van der Waals surface area (Å²) >= 11 is 0. The average Bonchev–Trinajstić information content (AvgIpc) is 2.89. The Labute approximate surface area is 200 Å². The zero-order valence-electron chi connectivity index (χ0n) is 19.6. The van der Waals surface area contributed by atoms with Crippen LogP contribution in [0.3, 0.4) is 0 Å². The predicted molar refractivity (Wildman–Crippen MR) is 138 cm³/mol. The lowest BCUT2D eigenvalue weighted by molar-refractivity contribution is 0.0938. The summed E-state index contributed by atoms with van der Waals surface area (Å²) in [6.45, 7) is 4.93. The average molecular weight is 451 g/mol. The minimum absolute atomic E-state index is 0.0678. The highest BCUT2D eigenvalue weighted by atomic mass is 16.1. The zero-order chi connectivity index (χ0) is 23.3. The Morgan fingerprint density at radius 3 is 2.18 bits per heavy atom. The number of hydrogen-bond acceptors (Lipinski definition) is 4. The van der Waals surface area contributed by atoms with E-state index in [0.717, 1.165) is 46.6 Å². The molecular formula is C29H30N4O. The molecule has 5 nitrogen and oxygen atoms in total. The van der Waals surface area contributed by atoms with E-state index in [-0.39, 0.29) is 5.91 Å². The van der Waals surface area contributed by atoms with E-state index in [0.29, 0.717) is 18.2 Å². The Morgan fingerprint density at radius 2 is 1.53 bits per heavy atom. The van der Waals surface area contributed by atoms with Gasteiger partial charge in [-0.1, -0.05) is 67.1 Å². The van der Waals surface area contributed by atoms with E-state index in [9.17, 15) is 4.79 Å². The van der Waals surface area contributed by atoms with Crippen molar-refractivity contribution in [2.45, 2.75) is 32.2 Å². The zero-order valence-corrected chi connectivity index (χ0v) is 19.6. The summed E-state index contributed by atoms with van der Waals surface area (Å²) in [6.07, 6.45) is 3.79. The van der Waals surface area contributed by atoms with Gasteiger partial charge in [0, 0.05) is 35.8 Å². The second-order valence-corrected chi connectivity index (χ2v) is 8.99. The van der Waals surface area contributed by atoms with Gasteiger partial charge in [0.1, 0.15) is 0 Å². The number of aromatic nitrogens is 2. The number of carbonyl (C=O) groups is 1. The van der Waals surface area contributed by atoms with E-state index in [1.165, 1.54) is 19.3 Å². The quantitative estimate of drug-likeness (QED) is 0.417. The summed E-state index contributed by atoms with van der Waals surface area (Å²) in [6, 6.07) is 26.4. The molecule has 34 heavy (non-hydrogen) atoms. The number of nitrogens with zero attached hydrogens (tertiary/aromatic N) is 3. The molecule has 1 atom stereocenters. The highest BCUT2D eigenvalue weighted by molar-refractivity contribution is 5.98. The van der Waals surface area contributed by atoms with Crippen molar-refractivity contribution in [2.75, 3.05) is 19.6 Å². The fraction of sp³-hybridized carbons (Fsp3) is 0.276. The van der Waals surface area contributed by atoms with Crippen LogP contribution in [0.4, 0.5) is 0 Å². The SMILES string of the molecule is CC1CCCCN1CCNC(=O)c1ccc2nc(-c3ccccc3)c(-c3ccccc3)nc2c1. The Balaban J connectivity index is 1.42. The molecule has 3 aromatic carbocycles. The first-order chi connectivity index (χ1) is 16.7. The molecule has 0 radical (unpaired) electrons. The van der Waals surface area contributed by atoms with Crippen molar-refractivity contribution in [1.82, 2.24) is 20.2 Å². The van der Waals surface area contributed by atoms with Gasteiger partial charge in [-0.25, -0.2) is 9.97 Å². The lowest BCUT2D eigenvalue weighted by atomic mass is 10.0. The molecule has 4 aromatic rings. The van der Waals surface area contributed by atoms with Crippen LogP contribution in [-0.4, -0.2) is 46.5 Å². The van der Waals surface area contributed by atoms with Gasteiger partial charge in [-0.05, 0) is 44.5 Å². The lowest BCUT2D eigenvalue weighted by Crippen LogP contribution is -2.42. The van der Waals surface area contributed by atoms with Crippen LogP contribution >= 0.6 is 0 Å². The fourth-order valence-corrected chi connectivity index (χ4v) is 4.70. The third-order valence-corrected chi connectivity index (χ3v) is 6.65. The van der Waals surface area contributed by atoms with Crippen LogP contribution in [-0.2, 0) is 0 Å². The first-order valence-electron chi connectivity index (χ1n) is 12.1. The third-order valence-electron chi connectivity index (χ3n) is 6.65. The molecule has 1 saturated heterocycles. The van der Waals surface area contributed by atoms with Gasteiger partial charge in [-0.2, -0.15) is 0 Å². The van der Waals surface area contributed by atoms with E-state index in [1.54, 1.807) is 0 Å². The van der Waals surface area contributed by atoms with Crippen molar-refractivity contribution < 1.29 is 4.79 Å². The molecule has 1 amide bonds.